The van der Waals surface area contributed by atoms with Crippen LogP contribution < -0.4 is 4.74 Å². The summed E-state index contributed by atoms with van der Waals surface area (Å²) in [5.74, 6) is 0.157. The Hall–Kier alpha value is -0.0377. The number of thiophene rings is 1. The molecule has 4 heteroatoms. The largest absolute Gasteiger partial charge is 0.533 e. The van der Waals surface area contributed by atoms with Gasteiger partial charge in [0.2, 0.25) is 0 Å². The van der Waals surface area contributed by atoms with Crippen molar-refractivity contribution in [3.8, 4) is 5.75 Å². The Morgan fingerprint density at radius 3 is 2.20 bits per heavy atom. The van der Waals surface area contributed by atoms with Gasteiger partial charge in [-0.2, -0.15) is 0 Å². The van der Waals surface area contributed by atoms with E-state index in [9.17, 15) is 4.79 Å². The summed E-state index contributed by atoms with van der Waals surface area (Å²) < 4.78 is -0.0370. The minimum absolute atomic E-state index is 0. The number of rotatable bonds is 0. The van der Waals surface area contributed by atoms with Crippen molar-refractivity contribution in [1.29, 1.82) is 0 Å². The summed E-state index contributed by atoms with van der Waals surface area (Å²) >= 11 is 1.09. The molecule has 0 aromatic carbocycles. The van der Waals surface area contributed by atoms with Gasteiger partial charge in [-0.15, -0.1) is 5.56 Å². The molecule has 1 radical (unpaired) electrons. The molecule has 0 fully saturated rings. The molecule has 0 spiro atoms. The van der Waals surface area contributed by atoms with E-state index in [-0.39, 0.29) is 30.9 Å². The molecule has 10 heavy (non-hydrogen) atoms. The molecular weight excluding hydrogens is 322 g/mol. The summed E-state index contributed by atoms with van der Waals surface area (Å²) in [7, 11) is 0. The molecule has 1 heterocycles. The van der Waals surface area contributed by atoms with Crippen LogP contribution in [0.4, 0.5) is 0 Å². The minimum Gasteiger partial charge on any atom is -0.533 e. The first kappa shape index (κ1) is 9.96. The van der Waals surface area contributed by atoms with Crippen LogP contribution in [-0.2, 0) is 20.4 Å². The van der Waals surface area contributed by atoms with Crippen molar-refractivity contribution in [2.45, 2.75) is 13.8 Å². The molecule has 1 rings (SSSR count). The second-order valence-electron chi connectivity index (χ2n) is 1.92. The Labute approximate surface area is 76.5 Å². The molecule has 0 unspecified atom stereocenters. The molecule has 1 aromatic rings. The van der Waals surface area contributed by atoms with E-state index in [1.165, 1.54) is 0 Å². The zero-order chi connectivity index (χ0) is 7.02. The summed E-state index contributed by atoms with van der Waals surface area (Å²) in [5.41, 5.74) is 0.470. The van der Waals surface area contributed by atoms with Gasteiger partial charge in [0.1, 0.15) is 0 Å². The van der Waals surface area contributed by atoms with Gasteiger partial charge < -0.3 is 9.90 Å². The minimum atomic E-state index is -0.0370. The standard InChI is InChI=1S/C6H7O2S.Re/c1-3-5(7)4(2)9-6(3)8;/h7H,1-2H3;/q-1;. The smallest absolute Gasteiger partial charge is 0.0820 e. The van der Waals surface area contributed by atoms with Crippen molar-refractivity contribution in [2.75, 3.05) is 0 Å². The molecule has 57 valence electrons. The van der Waals surface area contributed by atoms with Crippen LogP contribution in [0.3, 0.4) is 0 Å². The Morgan fingerprint density at radius 2 is 2.10 bits per heavy atom. The van der Waals surface area contributed by atoms with Gasteiger partial charge in [0.05, 0.1) is 4.74 Å². The molecule has 2 nitrogen and oxygen atoms in total. The average molecular weight is 329 g/mol. The first-order valence-corrected chi connectivity index (χ1v) is 3.40. The third kappa shape index (κ3) is 1.51. The maximum absolute atomic E-state index is 10.7. The van der Waals surface area contributed by atoms with E-state index in [4.69, 9.17) is 5.11 Å². The number of hydrogen-bond acceptors (Lipinski definition) is 3. The molecule has 0 aliphatic carbocycles. The van der Waals surface area contributed by atoms with E-state index in [2.05, 4.69) is 0 Å². The summed E-state index contributed by atoms with van der Waals surface area (Å²) in [6.07, 6.45) is 0. The Kier molecular flexibility index (Phi) is 3.37. The van der Waals surface area contributed by atoms with Crippen LogP contribution in [0.5, 0.6) is 5.75 Å². The van der Waals surface area contributed by atoms with Gasteiger partial charge in [-0.1, -0.05) is 18.7 Å². The van der Waals surface area contributed by atoms with Gasteiger partial charge in [0.25, 0.3) is 0 Å². The van der Waals surface area contributed by atoms with E-state index in [0.717, 1.165) is 11.3 Å². The zero-order valence-corrected chi connectivity index (χ0v) is 9.17. The van der Waals surface area contributed by atoms with Gasteiger partial charge in [0, 0.05) is 26.2 Å². The summed E-state index contributed by atoms with van der Waals surface area (Å²) in [6, 6.07) is 0. The van der Waals surface area contributed by atoms with Crippen molar-refractivity contribution in [2.24, 2.45) is 0 Å². The molecule has 1 aromatic heterocycles. The number of aryl methyl sites for hydroxylation is 1. The SMILES string of the molecule is Cc1c(O)[c-](C)sc1=O.[Re]. The molecule has 0 amide bonds. The van der Waals surface area contributed by atoms with Crippen LogP contribution >= 0.6 is 11.3 Å². The number of aromatic hydroxyl groups is 1. The normalized spacial score (nSPS) is 9.00. The van der Waals surface area contributed by atoms with Gasteiger partial charge in [-0.25, -0.2) is 11.3 Å². The van der Waals surface area contributed by atoms with Crippen molar-refractivity contribution >= 4 is 11.3 Å². The van der Waals surface area contributed by atoms with Crippen LogP contribution in [0.2, 0.25) is 0 Å². The summed E-state index contributed by atoms with van der Waals surface area (Å²) in [4.78, 5) is 11.4. The molecule has 1 N–H and O–H groups in total. The maximum atomic E-state index is 10.7. The van der Waals surface area contributed by atoms with Crippen molar-refractivity contribution in [3.05, 3.63) is 20.0 Å². The van der Waals surface area contributed by atoms with Crippen LogP contribution in [0.25, 0.3) is 0 Å². The van der Waals surface area contributed by atoms with Crippen molar-refractivity contribution < 1.29 is 25.5 Å². The van der Waals surface area contributed by atoms with Gasteiger partial charge in [-0.05, 0) is 0 Å². The molecule has 0 aliphatic rings. The van der Waals surface area contributed by atoms with Gasteiger partial charge in [-0.3, -0.25) is 0 Å². The predicted octanol–water partition coefficient (Wildman–Crippen LogP) is 1.15. The van der Waals surface area contributed by atoms with E-state index >= 15 is 0 Å². The topological polar surface area (TPSA) is 37.3 Å². The molecule has 0 saturated carbocycles. The fraction of sp³-hybridized carbons (Fsp3) is 0.333. The first-order valence-electron chi connectivity index (χ1n) is 2.59. The summed E-state index contributed by atoms with van der Waals surface area (Å²) in [5, 5.41) is 9.04. The fourth-order valence-corrected chi connectivity index (χ4v) is 1.40. The van der Waals surface area contributed by atoms with Crippen LogP contribution in [0, 0.1) is 13.8 Å². The zero-order valence-electron chi connectivity index (χ0n) is 5.64. The van der Waals surface area contributed by atoms with Crippen molar-refractivity contribution in [1.82, 2.24) is 0 Å². The van der Waals surface area contributed by atoms with Gasteiger partial charge in [0.15, 0.2) is 0 Å². The van der Waals surface area contributed by atoms with E-state index in [1.807, 2.05) is 0 Å². The van der Waals surface area contributed by atoms with E-state index in [1.54, 1.807) is 13.8 Å². The molecular formula is C6H7O2ReS-. The predicted molar refractivity (Wildman–Crippen MR) is 37.3 cm³/mol. The Balaban J connectivity index is 0.000000810. The third-order valence-corrected chi connectivity index (χ3v) is 2.23. The quantitative estimate of drug-likeness (QED) is 0.725. The summed E-state index contributed by atoms with van der Waals surface area (Å²) in [6.45, 7) is 3.36. The van der Waals surface area contributed by atoms with Crippen LogP contribution in [-0.4, -0.2) is 5.11 Å². The number of hydrogen-bond donors (Lipinski definition) is 1. The molecule has 0 aliphatic heterocycles. The average Bonchev–Trinajstić information content (AvgIpc) is 1.98. The van der Waals surface area contributed by atoms with Crippen LogP contribution in [0.15, 0.2) is 4.79 Å². The van der Waals surface area contributed by atoms with Crippen LogP contribution in [0.1, 0.15) is 10.4 Å². The molecule has 0 bridgehead atoms. The third-order valence-electron chi connectivity index (χ3n) is 1.24. The second kappa shape index (κ2) is 3.38. The fourth-order valence-electron chi connectivity index (χ4n) is 0.625. The monoisotopic (exact) mass is 330 g/mol. The maximum Gasteiger partial charge on any atom is 0.0820 e. The Morgan fingerprint density at radius 1 is 1.60 bits per heavy atom. The second-order valence-corrected chi connectivity index (χ2v) is 3.11. The Bertz CT molecular complexity index is 274. The first-order chi connectivity index (χ1) is 4.13. The van der Waals surface area contributed by atoms with Crippen molar-refractivity contribution in [3.63, 3.8) is 0 Å². The van der Waals surface area contributed by atoms with Gasteiger partial charge >= 0.3 is 0 Å². The van der Waals surface area contributed by atoms with E-state index < -0.39 is 0 Å². The molecule has 0 atom stereocenters. The van der Waals surface area contributed by atoms with E-state index in [0.29, 0.717) is 10.4 Å². The molecule has 0 saturated heterocycles.